The SMILES string of the molecule is Cc1ccc([Se]c2ccnc3cc(Cl)ccc23)cc1. The molecule has 0 aliphatic rings. The molecule has 0 N–H and O–H groups in total. The first-order chi connectivity index (χ1) is 9.22. The molecule has 0 spiro atoms. The third-order valence-corrected chi connectivity index (χ3v) is 5.42. The number of benzene rings is 2. The number of nitrogens with zero attached hydrogens (tertiary/aromatic N) is 1. The Hall–Kier alpha value is -1.34. The summed E-state index contributed by atoms with van der Waals surface area (Å²) in [4.78, 5) is 4.38. The standard InChI is InChI=1S/C16H12ClNSe/c1-11-2-5-13(6-3-11)19-16-8-9-18-15-10-12(17)4-7-14(15)16/h2-10H,1H3. The molecule has 0 radical (unpaired) electrons. The van der Waals surface area contributed by atoms with Gasteiger partial charge >= 0.3 is 124 Å². The number of halogens is 1. The van der Waals surface area contributed by atoms with Crippen LogP contribution < -0.4 is 8.92 Å². The van der Waals surface area contributed by atoms with E-state index >= 15 is 0 Å². The monoisotopic (exact) mass is 333 g/mol. The number of hydrogen-bond donors (Lipinski definition) is 0. The van der Waals surface area contributed by atoms with Crippen LogP contribution in [0.1, 0.15) is 5.56 Å². The van der Waals surface area contributed by atoms with Crippen molar-refractivity contribution in [2.24, 2.45) is 0 Å². The summed E-state index contributed by atoms with van der Waals surface area (Å²) >= 11 is 6.31. The van der Waals surface area contributed by atoms with Gasteiger partial charge in [0.15, 0.2) is 0 Å². The van der Waals surface area contributed by atoms with E-state index in [4.69, 9.17) is 11.6 Å². The van der Waals surface area contributed by atoms with Gasteiger partial charge in [-0.05, 0) is 0 Å². The molecule has 0 saturated heterocycles. The first-order valence-electron chi connectivity index (χ1n) is 6.01. The summed E-state index contributed by atoms with van der Waals surface area (Å²) in [5, 5.41) is 1.94. The van der Waals surface area contributed by atoms with Gasteiger partial charge in [0.05, 0.1) is 0 Å². The van der Waals surface area contributed by atoms with Gasteiger partial charge in [-0.25, -0.2) is 0 Å². The fourth-order valence-electron chi connectivity index (χ4n) is 1.92. The predicted molar refractivity (Wildman–Crippen MR) is 83.0 cm³/mol. The fraction of sp³-hybridized carbons (Fsp3) is 0.0625. The van der Waals surface area contributed by atoms with E-state index in [1.807, 2.05) is 18.3 Å². The second kappa shape index (κ2) is 5.34. The van der Waals surface area contributed by atoms with Gasteiger partial charge in [0.2, 0.25) is 0 Å². The van der Waals surface area contributed by atoms with Crippen LogP contribution in [0.3, 0.4) is 0 Å². The van der Waals surface area contributed by atoms with E-state index in [2.05, 4.69) is 48.3 Å². The number of aryl methyl sites for hydroxylation is 1. The van der Waals surface area contributed by atoms with Crippen molar-refractivity contribution >= 4 is 46.4 Å². The van der Waals surface area contributed by atoms with Crippen LogP contribution in [0.5, 0.6) is 0 Å². The molecule has 0 bridgehead atoms. The quantitative estimate of drug-likeness (QED) is 0.658. The summed E-state index contributed by atoms with van der Waals surface area (Å²) in [6.45, 7) is 2.11. The molecule has 0 aliphatic carbocycles. The van der Waals surface area contributed by atoms with E-state index in [0.717, 1.165) is 10.5 Å². The van der Waals surface area contributed by atoms with Crippen molar-refractivity contribution in [1.29, 1.82) is 0 Å². The number of rotatable bonds is 2. The Balaban J connectivity index is 2.03. The van der Waals surface area contributed by atoms with Crippen molar-refractivity contribution in [2.75, 3.05) is 0 Å². The Labute approximate surface area is 123 Å². The van der Waals surface area contributed by atoms with E-state index in [-0.39, 0.29) is 0 Å². The van der Waals surface area contributed by atoms with Crippen LogP contribution in [0.2, 0.25) is 5.02 Å². The molecule has 2 aromatic carbocycles. The summed E-state index contributed by atoms with van der Waals surface area (Å²) in [5.41, 5.74) is 2.27. The number of hydrogen-bond acceptors (Lipinski definition) is 1. The van der Waals surface area contributed by atoms with E-state index in [1.165, 1.54) is 19.9 Å². The third kappa shape index (κ3) is 2.82. The summed E-state index contributed by atoms with van der Waals surface area (Å²) in [5.74, 6) is 0. The van der Waals surface area contributed by atoms with E-state index in [9.17, 15) is 0 Å². The Bertz CT molecular complexity index is 722. The van der Waals surface area contributed by atoms with Crippen LogP contribution in [0, 0.1) is 6.92 Å². The number of aromatic nitrogens is 1. The maximum atomic E-state index is 6.01. The summed E-state index contributed by atoms with van der Waals surface area (Å²) in [6, 6.07) is 16.8. The fourth-order valence-corrected chi connectivity index (χ4v) is 4.05. The average molecular weight is 333 g/mol. The topological polar surface area (TPSA) is 12.9 Å². The third-order valence-electron chi connectivity index (χ3n) is 2.91. The summed E-state index contributed by atoms with van der Waals surface area (Å²) < 4.78 is 2.72. The van der Waals surface area contributed by atoms with Crippen LogP contribution in [0.15, 0.2) is 54.7 Å². The molecule has 0 unspecified atom stereocenters. The molecule has 0 saturated carbocycles. The minimum atomic E-state index is 0.294. The molecule has 0 atom stereocenters. The number of fused-ring (bicyclic) bond motifs is 1. The first-order valence-corrected chi connectivity index (χ1v) is 8.10. The Kier molecular flexibility index (Phi) is 3.56. The van der Waals surface area contributed by atoms with Gasteiger partial charge in [-0.15, -0.1) is 0 Å². The molecule has 0 fully saturated rings. The second-order valence-corrected chi connectivity index (χ2v) is 7.16. The molecule has 94 valence electrons. The molecular formula is C16H12ClNSe. The van der Waals surface area contributed by atoms with Crippen LogP contribution in [0.4, 0.5) is 0 Å². The molecular weight excluding hydrogens is 321 g/mol. The zero-order chi connectivity index (χ0) is 13.2. The first kappa shape index (κ1) is 12.7. The second-order valence-electron chi connectivity index (χ2n) is 4.39. The van der Waals surface area contributed by atoms with Gasteiger partial charge in [-0.3, -0.25) is 0 Å². The number of pyridine rings is 1. The van der Waals surface area contributed by atoms with Crippen LogP contribution in [0.25, 0.3) is 10.9 Å². The maximum absolute atomic E-state index is 6.01. The van der Waals surface area contributed by atoms with Crippen molar-refractivity contribution < 1.29 is 0 Å². The van der Waals surface area contributed by atoms with Gasteiger partial charge in [0.25, 0.3) is 0 Å². The summed E-state index contributed by atoms with van der Waals surface area (Å²) in [7, 11) is 0. The van der Waals surface area contributed by atoms with Crippen molar-refractivity contribution in [2.45, 2.75) is 6.92 Å². The molecule has 1 heterocycles. The Morgan fingerprint density at radius 3 is 2.58 bits per heavy atom. The molecule has 0 amide bonds. The minimum absolute atomic E-state index is 0.294. The Morgan fingerprint density at radius 1 is 1.00 bits per heavy atom. The zero-order valence-corrected chi connectivity index (χ0v) is 12.9. The van der Waals surface area contributed by atoms with Crippen molar-refractivity contribution in [3.8, 4) is 0 Å². The van der Waals surface area contributed by atoms with Crippen LogP contribution >= 0.6 is 11.6 Å². The molecule has 3 heteroatoms. The molecule has 1 nitrogen and oxygen atoms in total. The van der Waals surface area contributed by atoms with Crippen molar-refractivity contribution in [1.82, 2.24) is 4.98 Å². The molecule has 0 aliphatic heterocycles. The van der Waals surface area contributed by atoms with E-state index in [0.29, 0.717) is 15.0 Å². The van der Waals surface area contributed by atoms with Crippen molar-refractivity contribution in [3.05, 3.63) is 65.3 Å². The molecule has 3 rings (SSSR count). The molecule has 19 heavy (non-hydrogen) atoms. The molecule has 1 aromatic heterocycles. The van der Waals surface area contributed by atoms with Gasteiger partial charge in [0.1, 0.15) is 0 Å². The van der Waals surface area contributed by atoms with Crippen LogP contribution in [-0.2, 0) is 0 Å². The summed E-state index contributed by atoms with van der Waals surface area (Å²) in [6.07, 6.45) is 1.87. The van der Waals surface area contributed by atoms with Gasteiger partial charge in [0, 0.05) is 0 Å². The predicted octanol–water partition coefficient (Wildman–Crippen LogP) is 2.85. The van der Waals surface area contributed by atoms with Crippen LogP contribution in [-0.4, -0.2) is 19.9 Å². The van der Waals surface area contributed by atoms with E-state index < -0.39 is 0 Å². The van der Waals surface area contributed by atoms with Gasteiger partial charge in [-0.1, -0.05) is 0 Å². The Morgan fingerprint density at radius 2 is 1.79 bits per heavy atom. The molecule has 3 aromatic rings. The van der Waals surface area contributed by atoms with Crippen molar-refractivity contribution in [3.63, 3.8) is 0 Å². The zero-order valence-electron chi connectivity index (χ0n) is 10.4. The van der Waals surface area contributed by atoms with Gasteiger partial charge in [-0.2, -0.15) is 0 Å². The normalized spacial score (nSPS) is 10.8. The van der Waals surface area contributed by atoms with E-state index in [1.54, 1.807) is 0 Å². The van der Waals surface area contributed by atoms with Gasteiger partial charge < -0.3 is 0 Å². The average Bonchev–Trinajstić information content (AvgIpc) is 2.41.